The predicted octanol–water partition coefficient (Wildman–Crippen LogP) is 2.85. The molecule has 0 bridgehead atoms. The number of hydrogen-bond donors (Lipinski definition) is 1. The minimum absolute atomic E-state index is 0.0175. The first-order valence-electron chi connectivity index (χ1n) is 7.64. The molecule has 1 aliphatic rings. The molecule has 0 aromatic heterocycles. The maximum atomic E-state index is 12.5. The van der Waals surface area contributed by atoms with Gasteiger partial charge in [-0.25, -0.2) is 5.01 Å². The minimum Gasteiger partial charge on any atom is -0.272 e. The average molecular weight is 400 g/mol. The Morgan fingerprint density at radius 3 is 2.59 bits per heavy atom. The molecule has 1 N–H and O–H groups in total. The number of para-hydroxylation sites is 1. The Kier molecular flexibility index (Phi) is 5.57. The zero-order valence-corrected chi connectivity index (χ0v) is 15.3. The zero-order valence-electron chi connectivity index (χ0n) is 13.7. The molecular formula is C17H12N4O4S2. The van der Waals surface area contributed by atoms with E-state index in [-0.39, 0.29) is 22.9 Å². The van der Waals surface area contributed by atoms with Gasteiger partial charge in [0.15, 0.2) is 4.32 Å². The van der Waals surface area contributed by atoms with Crippen molar-refractivity contribution in [1.29, 1.82) is 0 Å². The third kappa shape index (κ3) is 4.36. The number of rotatable bonds is 5. The van der Waals surface area contributed by atoms with Gasteiger partial charge in [-0.1, -0.05) is 36.1 Å². The molecule has 1 aliphatic heterocycles. The summed E-state index contributed by atoms with van der Waals surface area (Å²) in [5.41, 5.74) is 3.77. The van der Waals surface area contributed by atoms with Crippen LogP contribution in [0.4, 0.5) is 11.4 Å². The molecule has 0 unspecified atom stereocenters. The fraction of sp³-hybridized carbons (Fsp3) is 0.0588. The molecule has 8 nitrogen and oxygen atoms in total. The second kappa shape index (κ2) is 8.06. The topological polar surface area (TPSA) is 105 Å². The fourth-order valence-electron chi connectivity index (χ4n) is 2.23. The van der Waals surface area contributed by atoms with Crippen LogP contribution >= 0.6 is 24.0 Å². The van der Waals surface area contributed by atoms with E-state index in [0.717, 1.165) is 5.01 Å². The number of amides is 2. The third-order valence-corrected chi connectivity index (χ3v) is 4.93. The molecule has 10 heteroatoms. The van der Waals surface area contributed by atoms with Gasteiger partial charge in [-0.15, -0.1) is 0 Å². The highest BCUT2D eigenvalue weighted by molar-refractivity contribution is 8.23. The number of benzene rings is 2. The van der Waals surface area contributed by atoms with Crippen LogP contribution in [0, 0.1) is 10.1 Å². The third-order valence-electron chi connectivity index (χ3n) is 3.57. The largest absolute Gasteiger partial charge is 0.272 e. The molecule has 2 aromatic rings. The van der Waals surface area contributed by atoms with Crippen molar-refractivity contribution in [1.82, 2.24) is 10.4 Å². The van der Waals surface area contributed by atoms with Crippen molar-refractivity contribution in [2.45, 2.75) is 0 Å². The molecule has 0 atom stereocenters. The van der Waals surface area contributed by atoms with Gasteiger partial charge >= 0.3 is 0 Å². The van der Waals surface area contributed by atoms with Gasteiger partial charge in [0, 0.05) is 18.3 Å². The molecular weight excluding hydrogens is 388 g/mol. The Balaban J connectivity index is 1.79. The lowest BCUT2D eigenvalue weighted by Crippen LogP contribution is -2.45. The Labute approximate surface area is 163 Å². The summed E-state index contributed by atoms with van der Waals surface area (Å²) in [4.78, 5) is 38.8. The fourth-order valence-corrected chi connectivity index (χ4v) is 3.21. The number of nitrogens with one attached hydrogen (secondary N) is 1. The quantitative estimate of drug-likeness (QED) is 0.358. The molecule has 0 radical (unpaired) electrons. The van der Waals surface area contributed by atoms with Crippen molar-refractivity contribution in [2.24, 2.45) is 4.99 Å². The average Bonchev–Trinajstić information content (AvgIpc) is 2.99. The molecule has 3 rings (SSSR count). The van der Waals surface area contributed by atoms with Crippen LogP contribution in [0.5, 0.6) is 0 Å². The number of hydrogen-bond acceptors (Lipinski definition) is 7. The summed E-state index contributed by atoms with van der Waals surface area (Å²) in [5.74, 6) is -0.603. The van der Waals surface area contributed by atoms with Gasteiger partial charge in [-0.3, -0.25) is 30.1 Å². The number of non-ortho nitro benzene ring substituents is 1. The number of carbonyl (C=O) groups excluding carboxylic acids is 2. The molecule has 1 fully saturated rings. The Morgan fingerprint density at radius 2 is 1.96 bits per heavy atom. The molecule has 0 spiro atoms. The van der Waals surface area contributed by atoms with E-state index < -0.39 is 10.8 Å². The van der Waals surface area contributed by atoms with Gasteiger partial charge in [0.05, 0.1) is 21.9 Å². The van der Waals surface area contributed by atoms with E-state index in [1.807, 2.05) is 0 Å². The van der Waals surface area contributed by atoms with Gasteiger partial charge in [0.25, 0.3) is 17.5 Å². The Bertz CT molecular complexity index is 944. The number of aliphatic imine (C=N–C) groups is 1. The summed E-state index contributed by atoms with van der Waals surface area (Å²) in [6, 6.07) is 12.5. The van der Waals surface area contributed by atoms with E-state index in [1.165, 1.54) is 30.1 Å². The van der Waals surface area contributed by atoms with Crippen LogP contribution in [-0.2, 0) is 4.79 Å². The normalized spacial score (nSPS) is 14.0. The van der Waals surface area contributed by atoms with Gasteiger partial charge in [0.2, 0.25) is 0 Å². The van der Waals surface area contributed by atoms with Crippen LogP contribution < -0.4 is 5.43 Å². The number of hydrazine groups is 1. The lowest BCUT2D eigenvalue weighted by molar-refractivity contribution is -0.384. The van der Waals surface area contributed by atoms with Crippen LogP contribution in [0.1, 0.15) is 15.9 Å². The highest BCUT2D eigenvalue weighted by Gasteiger charge is 2.29. The van der Waals surface area contributed by atoms with Gasteiger partial charge in [0.1, 0.15) is 0 Å². The number of thioether (sulfide) groups is 1. The summed E-state index contributed by atoms with van der Waals surface area (Å²) in [6.45, 7) is 0. The monoisotopic (exact) mass is 400 g/mol. The van der Waals surface area contributed by atoms with Gasteiger partial charge in [-0.2, -0.15) is 0 Å². The molecule has 2 aromatic carbocycles. The molecule has 1 heterocycles. The molecule has 0 saturated carbocycles. The van der Waals surface area contributed by atoms with Crippen molar-refractivity contribution in [3.8, 4) is 0 Å². The van der Waals surface area contributed by atoms with Crippen LogP contribution in [0.25, 0.3) is 0 Å². The highest BCUT2D eigenvalue weighted by atomic mass is 32.2. The van der Waals surface area contributed by atoms with Gasteiger partial charge in [-0.05, 0) is 29.8 Å². The standard InChI is InChI=1S/C17H12N4O4S2/c22-15-10-27-17(26)20(15)19-16(23)13-3-1-2-4-14(13)18-9-11-5-7-12(8-6-11)21(24)25/h1-9H,10H2,(H,19,23). The maximum absolute atomic E-state index is 12.5. The summed E-state index contributed by atoms with van der Waals surface area (Å²) >= 11 is 6.22. The summed E-state index contributed by atoms with van der Waals surface area (Å²) in [5, 5.41) is 11.7. The van der Waals surface area contributed by atoms with E-state index in [1.54, 1.807) is 36.4 Å². The number of nitro groups is 1. The molecule has 2 amide bonds. The molecule has 27 heavy (non-hydrogen) atoms. The number of nitrogens with zero attached hydrogens (tertiary/aromatic N) is 3. The first-order valence-corrected chi connectivity index (χ1v) is 9.03. The SMILES string of the molecule is O=C(NN1C(=O)CSC1=S)c1ccccc1N=Cc1ccc([N+](=O)[O-])cc1. The lowest BCUT2D eigenvalue weighted by atomic mass is 10.1. The number of thiocarbonyl (C=S) groups is 1. The summed E-state index contributed by atoms with van der Waals surface area (Å²) < 4.78 is 0.292. The van der Waals surface area contributed by atoms with Crippen molar-refractivity contribution in [3.05, 3.63) is 69.8 Å². The number of nitro benzene ring substituents is 1. The van der Waals surface area contributed by atoms with E-state index in [9.17, 15) is 19.7 Å². The summed E-state index contributed by atoms with van der Waals surface area (Å²) in [7, 11) is 0. The first kappa shape index (κ1) is 18.7. The first-order chi connectivity index (χ1) is 13.0. The van der Waals surface area contributed by atoms with Crippen LogP contribution in [0.3, 0.4) is 0 Å². The second-order valence-electron chi connectivity index (χ2n) is 5.35. The van der Waals surface area contributed by atoms with E-state index >= 15 is 0 Å². The number of carbonyl (C=O) groups is 2. The van der Waals surface area contributed by atoms with Crippen molar-refractivity contribution in [2.75, 3.05) is 5.75 Å². The van der Waals surface area contributed by atoms with Crippen LogP contribution in [0.15, 0.2) is 53.5 Å². The predicted molar refractivity (Wildman–Crippen MR) is 106 cm³/mol. The Morgan fingerprint density at radius 1 is 1.26 bits per heavy atom. The zero-order chi connectivity index (χ0) is 19.4. The Hall–Kier alpha value is -3.11. The summed E-state index contributed by atoms with van der Waals surface area (Å²) in [6.07, 6.45) is 1.50. The maximum Gasteiger partial charge on any atom is 0.272 e. The van der Waals surface area contributed by atoms with Crippen LogP contribution in [0.2, 0.25) is 0 Å². The van der Waals surface area contributed by atoms with Gasteiger partial charge < -0.3 is 0 Å². The van der Waals surface area contributed by atoms with E-state index in [2.05, 4.69) is 10.4 Å². The van der Waals surface area contributed by atoms with Crippen molar-refractivity contribution in [3.63, 3.8) is 0 Å². The lowest BCUT2D eigenvalue weighted by Gasteiger charge is -2.16. The highest BCUT2D eigenvalue weighted by Crippen LogP contribution is 2.21. The van der Waals surface area contributed by atoms with Crippen molar-refractivity contribution < 1.29 is 14.5 Å². The van der Waals surface area contributed by atoms with E-state index in [0.29, 0.717) is 15.6 Å². The molecule has 136 valence electrons. The minimum atomic E-state index is -0.510. The molecule has 1 saturated heterocycles. The smallest absolute Gasteiger partial charge is 0.272 e. The molecule has 0 aliphatic carbocycles. The van der Waals surface area contributed by atoms with Crippen molar-refractivity contribution >= 4 is 57.7 Å². The second-order valence-corrected chi connectivity index (χ2v) is 6.96. The van der Waals surface area contributed by atoms with E-state index in [4.69, 9.17) is 12.2 Å². The van der Waals surface area contributed by atoms with Crippen LogP contribution in [-0.4, -0.2) is 38.0 Å².